The van der Waals surface area contributed by atoms with Crippen LogP contribution in [0.25, 0.3) is 0 Å². The van der Waals surface area contributed by atoms with Gasteiger partial charge in [-0.3, -0.25) is 9.79 Å². The summed E-state index contributed by atoms with van der Waals surface area (Å²) in [5.74, 6) is 1.23. The second-order valence-electron chi connectivity index (χ2n) is 6.44. The van der Waals surface area contributed by atoms with Gasteiger partial charge in [-0.25, -0.2) is 0 Å². The number of carbonyl (C=O) groups excluding carboxylic acids is 1. The molecule has 1 rings (SSSR count). The molecular formula is C16H33IN4OS. The van der Waals surface area contributed by atoms with Crippen molar-refractivity contribution >= 4 is 47.6 Å². The third-order valence-corrected chi connectivity index (χ3v) is 5.40. The summed E-state index contributed by atoms with van der Waals surface area (Å²) in [7, 11) is 1.77. The van der Waals surface area contributed by atoms with Gasteiger partial charge < -0.3 is 16.0 Å². The smallest absolute Gasteiger partial charge is 0.223 e. The van der Waals surface area contributed by atoms with Gasteiger partial charge in [-0.2, -0.15) is 11.8 Å². The van der Waals surface area contributed by atoms with E-state index in [0.717, 1.165) is 25.3 Å². The van der Waals surface area contributed by atoms with E-state index < -0.39 is 0 Å². The third kappa shape index (κ3) is 9.64. The highest BCUT2D eigenvalue weighted by molar-refractivity contribution is 14.0. The van der Waals surface area contributed by atoms with Crippen LogP contribution >= 0.6 is 35.7 Å². The average Bonchev–Trinajstić information content (AvgIpc) is 2.54. The molecule has 5 nitrogen and oxygen atoms in total. The van der Waals surface area contributed by atoms with Crippen LogP contribution in [0.3, 0.4) is 0 Å². The lowest BCUT2D eigenvalue weighted by Crippen LogP contribution is -2.45. The molecule has 1 amide bonds. The fourth-order valence-electron chi connectivity index (χ4n) is 2.47. The van der Waals surface area contributed by atoms with Gasteiger partial charge in [0.25, 0.3) is 0 Å². The summed E-state index contributed by atoms with van der Waals surface area (Å²) in [6.07, 6.45) is 7.87. The van der Waals surface area contributed by atoms with Crippen LogP contribution in [-0.2, 0) is 4.79 Å². The van der Waals surface area contributed by atoms with Gasteiger partial charge in [0.05, 0.1) is 0 Å². The number of carbonyl (C=O) groups is 1. The van der Waals surface area contributed by atoms with Gasteiger partial charge in [-0.1, -0.05) is 19.3 Å². The van der Waals surface area contributed by atoms with Crippen molar-refractivity contribution in [1.29, 1.82) is 0 Å². The summed E-state index contributed by atoms with van der Waals surface area (Å²) in [5, 5.41) is 9.58. The lowest BCUT2D eigenvalue weighted by molar-refractivity contribution is -0.125. The van der Waals surface area contributed by atoms with E-state index in [2.05, 4.69) is 41.0 Å². The van der Waals surface area contributed by atoms with Gasteiger partial charge in [-0.05, 0) is 32.9 Å². The standard InChI is InChI=1S/C16H32N4OS.HI/c1-16(2,22-4)12-20-15(17-3)19-11-10-18-14(21)13-8-6-5-7-9-13;/h13H,5-12H2,1-4H3,(H,18,21)(H2,17,19,20);1H. The molecule has 0 unspecified atom stereocenters. The van der Waals surface area contributed by atoms with Gasteiger partial charge in [0.2, 0.25) is 5.91 Å². The van der Waals surface area contributed by atoms with E-state index in [1.807, 2.05) is 11.8 Å². The molecule has 1 saturated carbocycles. The Labute approximate surface area is 162 Å². The lowest BCUT2D eigenvalue weighted by atomic mass is 9.89. The summed E-state index contributed by atoms with van der Waals surface area (Å²) in [4.78, 5) is 16.2. The number of rotatable bonds is 7. The topological polar surface area (TPSA) is 65.5 Å². The van der Waals surface area contributed by atoms with Crippen LogP contribution in [0, 0.1) is 5.92 Å². The molecule has 23 heavy (non-hydrogen) atoms. The van der Waals surface area contributed by atoms with E-state index in [1.54, 1.807) is 7.05 Å². The molecule has 0 bridgehead atoms. The van der Waals surface area contributed by atoms with E-state index >= 15 is 0 Å². The fraction of sp³-hybridized carbons (Fsp3) is 0.875. The van der Waals surface area contributed by atoms with Crippen LogP contribution in [0.5, 0.6) is 0 Å². The molecule has 0 heterocycles. The van der Waals surface area contributed by atoms with Crippen LogP contribution in [-0.4, -0.2) is 49.6 Å². The van der Waals surface area contributed by atoms with Gasteiger partial charge in [-0.15, -0.1) is 24.0 Å². The second kappa shape index (κ2) is 12.2. The number of hydrogen-bond acceptors (Lipinski definition) is 3. The van der Waals surface area contributed by atoms with E-state index in [-0.39, 0.29) is 40.5 Å². The van der Waals surface area contributed by atoms with Crippen LogP contribution in [0.15, 0.2) is 4.99 Å². The first kappa shape index (κ1) is 22.8. The SMILES string of the molecule is CN=C(NCCNC(=O)C1CCCCC1)NCC(C)(C)SC.I. The van der Waals surface area contributed by atoms with E-state index in [9.17, 15) is 4.79 Å². The Kier molecular flexibility index (Phi) is 12.1. The number of guanidine groups is 1. The third-order valence-electron chi connectivity index (χ3n) is 4.15. The Morgan fingerprint density at radius 2 is 1.74 bits per heavy atom. The summed E-state index contributed by atoms with van der Waals surface area (Å²) >= 11 is 1.83. The normalized spacial score (nSPS) is 16.4. The molecule has 0 aliphatic heterocycles. The Morgan fingerprint density at radius 1 is 1.13 bits per heavy atom. The van der Waals surface area contributed by atoms with E-state index in [0.29, 0.717) is 13.1 Å². The molecular weight excluding hydrogens is 423 g/mol. The van der Waals surface area contributed by atoms with Crippen molar-refractivity contribution in [3.63, 3.8) is 0 Å². The van der Waals surface area contributed by atoms with Crippen molar-refractivity contribution in [2.45, 2.75) is 50.7 Å². The highest BCUT2D eigenvalue weighted by Crippen LogP contribution is 2.23. The first-order chi connectivity index (χ1) is 10.5. The molecule has 0 aromatic carbocycles. The van der Waals surface area contributed by atoms with Crippen molar-refractivity contribution in [3.8, 4) is 0 Å². The number of amides is 1. The maximum Gasteiger partial charge on any atom is 0.223 e. The minimum absolute atomic E-state index is 0. The molecule has 0 aromatic heterocycles. The Hall–Kier alpha value is -0.180. The van der Waals surface area contributed by atoms with Crippen LogP contribution in [0.1, 0.15) is 46.0 Å². The average molecular weight is 456 g/mol. The molecule has 0 saturated heterocycles. The maximum atomic E-state index is 12.0. The molecule has 0 aromatic rings. The Bertz CT molecular complexity index is 371. The Morgan fingerprint density at radius 3 is 2.30 bits per heavy atom. The van der Waals surface area contributed by atoms with E-state index in [4.69, 9.17) is 0 Å². The number of halogens is 1. The molecule has 3 N–H and O–H groups in total. The monoisotopic (exact) mass is 456 g/mol. The summed E-state index contributed by atoms with van der Waals surface area (Å²) < 4.78 is 0.173. The predicted octanol–water partition coefficient (Wildman–Crippen LogP) is 2.61. The molecule has 1 aliphatic carbocycles. The van der Waals surface area contributed by atoms with Crippen LogP contribution < -0.4 is 16.0 Å². The molecule has 1 fully saturated rings. The lowest BCUT2D eigenvalue weighted by Gasteiger charge is -2.24. The quantitative estimate of drug-likeness (QED) is 0.239. The minimum atomic E-state index is 0. The molecule has 7 heteroatoms. The van der Waals surface area contributed by atoms with Crippen molar-refractivity contribution in [3.05, 3.63) is 0 Å². The zero-order valence-electron chi connectivity index (χ0n) is 14.9. The number of hydrogen-bond donors (Lipinski definition) is 3. The summed E-state index contributed by atoms with van der Waals surface area (Å²) in [5.41, 5.74) is 0. The first-order valence-corrected chi connectivity index (χ1v) is 9.48. The Balaban J connectivity index is 0.00000484. The van der Waals surface area contributed by atoms with Crippen LogP contribution in [0.2, 0.25) is 0 Å². The fourth-order valence-corrected chi connectivity index (χ4v) is 2.68. The molecule has 1 aliphatic rings. The zero-order valence-corrected chi connectivity index (χ0v) is 18.1. The summed E-state index contributed by atoms with van der Waals surface area (Å²) in [6.45, 7) is 6.58. The maximum absolute atomic E-state index is 12.0. The molecule has 0 radical (unpaired) electrons. The van der Waals surface area contributed by atoms with Gasteiger partial charge in [0, 0.05) is 37.3 Å². The minimum Gasteiger partial charge on any atom is -0.355 e. The van der Waals surface area contributed by atoms with Crippen molar-refractivity contribution in [1.82, 2.24) is 16.0 Å². The van der Waals surface area contributed by atoms with Crippen LogP contribution in [0.4, 0.5) is 0 Å². The summed E-state index contributed by atoms with van der Waals surface area (Å²) in [6, 6.07) is 0. The van der Waals surface area contributed by atoms with Crippen molar-refractivity contribution < 1.29 is 4.79 Å². The molecule has 0 spiro atoms. The van der Waals surface area contributed by atoms with E-state index in [1.165, 1.54) is 19.3 Å². The van der Waals surface area contributed by atoms with Crippen molar-refractivity contribution in [2.75, 3.05) is 32.9 Å². The number of nitrogens with zero attached hydrogens (tertiary/aromatic N) is 1. The second-order valence-corrected chi connectivity index (χ2v) is 7.96. The number of aliphatic imine (C=N–C) groups is 1. The zero-order chi connectivity index (χ0) is 16.4. The molecule has 136 valence electrons. The predicted molar refractivity (Wildman–Crippen MR) is 112 cm³/mol. The highest BCUT2D eigenvalue weighted by Gasteiger charge is 2.20. The van der Waals surface area contributed by atoms with Gasteiger partial charge >= 0.3 is 0 Å². The largest absolute Gasteiger partial charge is 0.355 e. The first-order valence-electron chi connectivity index (χ1n) is 8.26. The highest BCUT2D eigenvalue weighted by atomic mass is 127. The van der Waals surface area contributed by atoms with Gasteiger partial charge in [0.1, 0.15) is 0 Å². The number of nitrogens with one attached hydrogen (secondary N) is 3. The number of thioether (sulfide) groups is 1. The molecule has 0 atom stereocenters. The van der Waals surface area contributed by atoms with Crippen molar-refractivity contribution in [2.24, 2.45) is 10.9 Å². The van der Waals surface area contributed by atoms with Gasteiger partial charge in [0.15, 0.2) is 5.96 Å².